The van der Waals surface area contributed by atoms with E-state index in [0.717, 1.165) is 13.1 Å². The minimum absolute atomic E-state index is 0.0145. The van der Waals surface area contributed by atoms with Crippen molar-refractivity contribution >= 4 is 16.0 Å². The zero-order valence-electron chi connectivity index (χ0n) is 9.10. The van der Waals surface area contributed by atoms with Crippen molar-refractivity contribution < 1.29 is 17.9 Å². The van der Waals surface area contributed by atoms with E-state index >= 15 is 0 Å². The average molecular weight is 248 g/mol. The molecule has 16 heavy (non-hydrogen) atoms. The van der Waals surface area contributed by atoms with Gasteiger partial charge in [-0.25, -0.2) is 13.1 Å². The van der Waals surface area contributed by atoms with Crippen LogP contribution in [0.4, 0.5) is 0 Å². The molecule has 1 heterocycles. The minimum atomic E-state index is -3.53. The van der Waals surface area contributed by atoms with Crippen LogP contribution in [0.1, 0.15) is 6.92 Å². The second-order valence-corrected chi connectivity index (χ2v) is 5.95. The van der Waals surface area contributed by atoms with E-state index < -0.39 is 21.7 Å². The Morgan fingerprint density at radius 1 is 1.44 bits per heavy atom. The standard InChI is InChI=1S/C9H16N2O4S/c1-2-15-8(12)5-16(13,14)11-9-6-3-10-4-7(6)9/h6-7,9-11H,2-5H2,1H3. The van der Waals surface area contributed by atoms with E-state index in [2.05, 4.69) is 14.8 Å². The van der Waals surface area contributed by atoms with Crippen LogP contribution in [0.5, 0.6) is 0 Å². The van der Waals surface area contributed by atoms with Gasteiger partial charge in [-0.15, -0.1) is 0 Å². The molecule has 1 saturated heterocycles. The molecule has 2 fully saturated rings. The summed E-state index contributed by atoms with van der Waals surface area (Å²) in [6.45, 7) is 3.57. The van der Waals surface area contributed by atoms with Crippen molar-refractivity contribution in [2.45, 2.75) is 13.0 Å². The van der Waals surface area contributed by atoms with Crippen molar-refractivity contribution in [3.63, 3.8) is 0 Å². The molecular formula is C9H16N2O4S. The molecule has 1 aliphatic carbocycles. The van der Waals surface area contributed by atoms with Gasteiger partial charge in [0.2, 0.25) is 10.0 Å². The van der Waals surface area contributed by atoms with Gasteiger partial charge in [0.25, 0.3) is 0 Å². The van der Waals surface area contributed by atoms with Gasteiger partial charge >= 0.3 is 5.97 Å². The summed E-state index contributed by atoms with van der Waals surface area (Å²) in [5.41, 5.74) is 0. The fourth-order valence-corrected chi connectivity index (χ4v) is 3.44. The van der Waals surface area contributed by atoms with E-state index in [1.54, 1.807) is 6.92 Å². The zero-order chi connectivity index (χ0) is 11.8. The highest BCUT2D eigenvalue weighted by Crippen LogP contribution is 2.41. The molecule has 7 heteroatoms. The first-order valence-corrected chi connectivity index (χ1v) is 7.05. The maximum absolute atomic E-state index is 11.6. The lowest BCUT2D eigenvalue weighted by molar-refractivity contribution is -0.139. The molecule has 2 N–H and O–H groups in total. The molecule has 2 rings (SSSR count). The maximum atomic E-state index is 11.6. The fraction of sp³-hybridized carbons (Fsp3) is 0.889. The summed E-state index contributed by atoms with van der Waals surface area (Å²) in [6, 6.07) is 0.0145. The van der Waals surface area contributed by atoms with Gasteiger partial charge in [0.1, 0.15) is 0 Å². The van der Waals surface area contributed by atoms with Gasteiger partial charge in [-0.2, -0.15) is 0 Å². The molecule has 0 aromatic heterocycles. The van der Waals surface area contributed by atoms with E-state index in [1.807, 2.05) is 0 Å². The molecule has 6 nitrogen and oxygen atoms in total. The van der Waals surface area contributed by atoms with Crippen molar-refractivity contribution in [1.82, 2.24) is 10.0 Å². The number of fused-ring (bicyclic) bond motifs is 1. The summed E-state index contributed by atoms with van der Waals surface area (Å²) in [4.78, 5) is 11.1. The monoisotopic (exact) mass is 248 g/mol. The van der Waals surface area contributed by atoms with Gasteiger partial charge in [0.05, 0.1) is 6.61 Å². The summed E-state index contributed by atoms with van der Waals surface area (Å²) >= 11 is 0. The lowest BCUT2D eigenvalue weighted by atomic mass is 10.4. The number of hydrogen-bond acceptors (Lipinski definition) is 5. The van der Waals surface area contributed by atoms with Crippen molar-refractivity contribution in [2.24, 2.45) is 11.8 Å². The third-order valence-electron chi connectivity index (χ3n) is 3.02. The number of carbonyl (C=O) groups is 1. The summed E-state index contributed by atoms with van der Waals surface area (Å²) in [5, 5.41) is 3.17. The molecule has 0 amide bonds. The van der Waals surface area contributed by atoms with Crippen LogP contribution in [0.2, 0.25) is 0 Å². The number of nitrogens with one attached hydrogen (secondary N) is 2. The van der Waals surface area contributed by atoms with Gasteiger partial charge in [-0.05, 0) is 31.8 Å². The van der Waals surface area contributed by atoms with Crippen molar-refractivity contribution in [3.05, 3.63) is 0 Å². The molecule has 2 unspecified atom stereocenters. The minimum Gasteiger partial charge on any atom is -0.465 e. The third kappa shape index (κ3) is 2.53. The maximum Gasteiger partial charge on any atom is 0.322 e. The quantitative estimate of drug-likeness (QED) is 0.590. The van der Waals surface area contributed by atoms with E-state index in [0.29, 0.717) is 11.8 Å². The first kappa shape index (κ1) is 11.8. The molecule has 1 aliphatic heterocycles. The smallest absolute Gasteiger partial charge is 0.322 e. The lowest BCUT2D eigenvalue weighted by Crippen LogP contribution is -2.36. The summed E-state index contributed by atoms with van der Waals surface area (Å²) in [5.74, 6) is -0.475. The van der Waals surface area contributed by atoms with Crippen molar-refractivity contribution in [1.29, 1.82) is 0 Å². The van der Waals surface area contributed by atoms with Crippen LogP contribution in [0.15, 0.2) is 0 Å². The Morgan fingerprint density at radius 3 is 2.62 bits per heavy atom. The summed E-state index contributed by atoms with van der Waals surface area (Å²) in [6.07, 6.45) is 0. The average Bonchev–Trinajstić information content (AvgIpc) is 2.60. The lowest BCUT2D eigenvalue weighted by Gasteiger charge is -2.08. The number of hydrogen-bond donors (Lipinski definition) is 2. The van der Waals surface area contributed by atoms with Crippen LogP contribution in [0.25, 0.3) is 0 Å². The SMILES string of the molecule is CCOC(=O)CS(=O)(=O)NC1C2CNCC21. The van der Waals surface area contributed by atoms with Crippen LogP contribution in [-0.4, -0.2) is 45.9 Å². The summed E-state index contributed by atoms with van der Waals surface area (Å²) in [7, 11) is -3.53. The van der Waals surface area contributed by atoms with Gasteiger partial charge in [0, 0.05) is 6.04 Å². The molecule has 1 saturated carbocycles. The van der Waals surface area contributed by atoms with Crippen LogP contribution < -0.4 is 10.0 Å². The first-order chi connectivity index (χ1) is 7.53. The Morgan fingerprint density at radius 2 is 2.06 bits per heavy atom. The molecule has 0 bridgehead atoms. The normalized spacial score (nSPS) is 32.2. The van der Waals surface area contributed by atoms with Crippen molar-refractivity contribution in [3.8, 4) is 0 Å². The number of piperidine rings is 1. The second-order valence-electron chi connectivity index (χ2n) is 4.19. The van der Waals surface area contributed by atoms with Crippen LogP contribution in [0, 0.1) is 11.8 Å². The number of ether oxygens (including phenoxy) is 1. The van der Waals surface area contributed by atoms with E-state index in [9.17, 15) is 13.2 Å². The highest BCUT2D eigenvalue weighted by molar-refractivity contribution is 7.90. The highest BCUT2D eigenvalue weighted by atomic mass is 32.2. The fourth-order valence-electron chi connectivity index (χ4n) is 2.20. The molecule has 0 radical (unpaired) electrons. The highest BCUT2D eigenvalue weighted by Gasteiger charge is 2.54. The molecule has 0 aromatic carbocycles. The second kappa shape index (κ2) is 4.31. The number of sulfonamides is 1. The predicted molar refractivity (Wildman–Crippen MR) is 57.2 cm³/mol. The first-order valence-electron chi connectivity index (χ1n) is 5.40. The van der Waals surface area contributed by atoms with E-state index in [1.165, 1.54) is 0 Å². The Bertz CT molecular complexity index is 371. The molecule has 0 spiro atoms. The number of carbonyl (C=O) groups excluding carboxylic acids is 1. The Hall–Kier alpha value is -0.660. The zero-order valence-corrected chi connectivity index (χ0v) is 9.92. The largest absolute Gasteiger partial charge is 0.465 e. The predicted octanol–water partition coefficient (Wildman–Crippen LogP) is -1.31. The van der Waals surface area contributed by atoms with Crippen molar-refractivity contribution in [2.75, 3.05) is 25.4 Å². The van der Waals surface area contributed by atoms with Crippen LogP contribution in [0.3, 0.4) is 0 Å². The van der Waals surface area contributed by atoms with Gasteiger partial charge < -0.3 is 10.1 Å². The van der Waals surface area contributed by atoms with Gasteiger partial charge in [0.15, 0.2) is 5.75 Å². The third-order valence-corrected chi connectivity index (χ3v) is 4.27. The number of rotatable bonds is 5. The van der Waals surface area contributed by atoms with E-state index in [-0.39, 0.29) is 12.6 Å². The molecule has 2 atom stereocenters. The molecule has 2 aliphatic rings. The molecule has 92 valence electrons. The van der Waals surface area contributed by atoms with Crippen LogP contribution >= 0.6 is 0 Å². The Labute approximate surface area is 94.8 Å². The van der Waals surface area contributed by atoms with Crippen LogP contribution in [-0.2, 0) is 19.6 Å². The van der Waals surface area contributed by atoms with E-state index in [4.69, 9.17) is 0 Å². The molecular weight excluding hydrogens is 232 g/mol. The Kier molecular flexibility index (Phi) is 3.18. The van der Waals surface area contributed by atoms with Gasteiger partial charge in [-0.1, -0.05) is 0 Å². The summed E-state index contributed by atoms with van der Waals surface area (Å²) < 4.78 is 30.3. The number of esters is 1. The van der Waals surface area contributed by atoms with Gasteiger partial charge in [-0.3, -0.25) is 4.79 Å². The molecule has 0 aromatic rings. The topological polar surface area (TPSA) is 84.5 Å². The Balaban J connectivity index is 1.82.